The van der Waals surface area contributed by atoms with E-state index >= 15 is 0 Å². The Morgan fingerprint density at radius 3 is 2.45 bits per heavy atom. The Morgan fingerprint density at radius 1 is 1.07 bits per heavy atom. The molecule has 1 amide bonds. The van der Waals surface area contributed by atoms with Gasteiger partial charge in [-0.3, -0.25) is 4.79 Å². The van der Waals surface area contributed by atoms with E-state index in [0.717, 1.165) is 16.9 Å². The smallest absolute Gasteiger partial charge is 0.234 e. The normalized spacial score (nSPS) is 23.6. The highest BCUT2D eigenvalue weighted by Gasteiger charge is 2.35. The van der Waals surface area contributed by atoms with Crippen LogP contribution in [0.5, 0.6) is 5.75 Å². The molecule has 4 atom stereocenters. The molecule has 6 nitrogen and oxygen atoms in total. The molecule has 0 unspecified atom stereocenters. The van der Waals surface area contributed by atoms with Crippen molar-refractivity contribution in [2.75, 3.05) is 20.3 Å². The Morgan fingerprint density at radius 2 is 1.79 bits per heavy atom. The van der Waals surface area contributed by atoms with Gasteiger partial charge in [-0.15, -0.1) is 0 Å². The zero-order chi connectivity index (χ0) is 20.6. The highest BCUT2D eigenvalue weighted by molar-refractivity contribution is 5.78. The molecule has 154 valence electrons. The van der Waals surface area contributed by atoms with Crippen LogP contribution in [0.2, 0.25) is 0 Å². The van der Waals surface area contributed by atoms with Crippen molar-refractivity contribution in [3.63, 3.8) is 0 Å². The van der Waals surface area contributed by atoms with Gasteiger partial charge >= 0.3 is 0 Å². The fraction of sp³-hybridized carbons (Fsp3) is 0.348. The van der Waals surface area contributed by atoms with Crippen LogP contribution in [0, 0.1) is 5.92 Å². The highest BCUT2D eigenvalue weighted by Crippen LogP contribution is 2.32. The summed E-state index contributed by atoms with van der Waals surface area (Å²) in [6, 6.07) is 17.0. The molecule has 0 bridgehead atoms. The lowest BCUT2D eigenvalue weighted by molar-refractivity contribution is -0.120. The van der Waals surface area contributed by atoms with Crippen molar-refractivity contribution in [2.45, 2.75) is 24.6 Å². The van der Waals surface area contributed by atoms with Gasteiger partial charge in [0.15, 0.2) is 0 Å². The van der Waals surface area contributed by atoms with E-state index in [4.69, 9.17) is 4.74 Å². The number of methoxy groups -OCH3 is 1. The lowest BCUT2D eigenvalue weighted by Gasteiger charge is -2.36. The molecule has 0 aromatic heterocycles. The first-order valence-electron chi connectivity index (χ1n) is 9.77. The summed E-state index contributed by atoms with van der Waals surface area (Å²) in [5.41, 5.74) is 1.98. The van der Waals surface area contributed by atoms with Crippen LogP contribution in [0.1, 0.15) is 17.0 Å². The molecule has 0 radical (unpaired) electrons. The molecule has 0 saturated heterocycles. The van der Waals surface area contributed by atoms with E-state index in [1.165, 1.54) is 0 Å². The van der Waals surface area contributed by atoms with Gasteiger partial charge in [0, 0.05) is 24.4 Å². The number of hydrogen-bond acceptors (Lipinski definition) is 5. The molecule has 1 aliphatic carbocycles. The molecular formula is C23H28N2O4. The van der Waals surface area contributed by atoms with Gasteiger partial charge in [0.25, 0.3) is 0 Å². The first-order valence-corrected chi connectivity index (χ1v) is 9.77. The number of ether oxygens (including phenoxy) is 1. The average molecular weight is 396 g/mol. The molecule has 0 fully saturated rings. The second-order valence-corrected chi connectivity index (χ2v) is 7.19. The Bertz CT molecular complexity index is 807. The van der Waals surface area contributed by atoms with Gasteiger partial charge in [0.05, 0.1) is 26.4 Å². The molecule has 2 aromatic carbocycles. The fourth-order valence-electron chi connectivity index (χ4n) is 3.62. The molecule has 6 heteroatoms. The van der Waals surface area contributed by atoms with Crippen LogP contribution in [0.4, 0.5) is 0 Å². The Hall–Kier alpha value is -2.67. The number of hydrogen-bond donors (Lipinski definition) is 4. The molecule has 29 heavy (non-hydrogen) atoms. The van der Waals surface area contributed by atoms with Gasteiger partial charge < -0.3 is 25.6 Å². The number of carbonyl (C=O) groups excluding carboxylic acids is 1. The van der Waals surface area contributed by atoms with E-state index in [-0.39, 0.29) is 36.9 Å². The molecule has 0 spiro atoms. The molecule has 0 heterocycles. The number of carbonyl (C=O) groups is 1. The van der Waals surface area contributed by atoms with E-state index in [1.807, 2.05) is 66.7 Å². The maximum atomic E-state index is 12.2. The van der Waals surface area contributed by atoms with E-state index in [0.29, 0.717) is 6.54 Å². The monoisotopic (exact) mass is 396 g/mol. The number of aliphatic hydroxyl groups is 2. The maximum absolute atomic E-state index is 12.2. The highest BCUT2D eigenvalue weighted by atomic mass is 16.5. The molecule has 1 aliphatic rings. The minimum Gasteiger partial charge on any atom is -0.497 e. The summed E-state index contributed by atoms with van der Waals surface area (Å²) in [6.07, 6.45) is 3.15. The molecule has 2 aromatic rings. The van der Waals surface area contributed by atoms with Crippen molar-refractivity contribution >= 4 is 5.91 Å². The number of benzene rings is 2. The maximum Gasteiger partial charge on any atom is 0.234 e. The molecule has 4 N–H and O–H groups in total. The third-order valence-corrected chi connectivity index (χ3v) is 5.34. The van der Waals surface area contributed by atoms with Gasteiger partial charge in [0.2, 0.25) is 5.91 Å². The van der Waals surface area contributed by atoms with E-state index in [1.54, 1.807) is 7.11 Å². The van der Waals surface area contributed by atoms with Gasteiger partial charge in [-0.2, -0.15) is 0 Å². The molecule has 0 saturated carbocycles. The van der Waals surface area contributed by atoms with Crippen molar-refractivity contribution in [3.8, 4) is 5.75 Å². The first-order chi connectivity index (χ1) is 14.1. The van der Waals surface area contributed by atoms with Crippen LogP contribution >= 0.6 is 0 Å². The fourth-order valence-corrected chi connectivity index (χ4v) is 3.62. The summed E-state index contributed by atoms with van der Waals surface area (Å²) in [6.45, 7) is 0.359. The Kier molecular flexibility index (Phi) is 7.41. The van der Waals surface area contributed by atoms with Crippen LogP contribution in [0.3, 0.4) is 0 Å². The van der Waals surface area contributed by atoms with Gasteiger partial charge in [-0.25, -0.2) is 0 Å². The summed E-state index contributed by atoms with van der Waals surface area (Å²) in [7, 11) is 1.61. The summed E-state index contributed by atoms with van der Waals surface area (Å²) < 4.78 is 5.12. The second-order valence-electron chi connectivity index (χ2n) is 7.19. The average Bonchev–Trinajstić information content (AvgIpc) is 2.77. The minimum atomic E-state index is -0.729. The summed E-state index contributed by atoms with van der Waals surface area (Å²) in [4.78, 5) is 12.2. The topological polar surface area (TPSA) is 90.8 Å². The minimum absolute atomic E-state index is 0.102. The van der Waals surface area contributed by atoms with Crippen LogP contribution in [0.25, 0.3) is 0 Å². The standard InChI is InChI=1S/C23H28N2O4/c1-29-18-9-7-16(8-10-18)13-25-22(27)14-24-21-12-11-19(23(28)20(21)15-26)17-5-3-2-4-6-17/h2-12,19-21,23-24,26,28H,13-15H2,1H3,(H,25,27)/t19-,20+,21-,23+/m1/s1. The van der Waals surface area contributed by atoms with Crippen molar-refractivity contribution < 1.29 is 19.7 Å². The van der Waals surface area contributed by atoms with Crippen LogP contribution in [0.15, 0.2) is 66.7 Å². The molecule has 3 rings (SSSR count). The lowest BCUT2D eigenvalue weighted by atomic mass is 9.77. The second kappa shape index (κ2) is 10.2. The van der Waals surface area contributed by atoms with Crippen LogP contribution in [-0.4, -0.2) is 48.5 Å². The Labute approximate surface area is 171 Å². The lowest BCUT2D eigenvalue weighted by Crippen LogP contribution is -2.49. The van der Waals surface area contributed by atoms with Gasteiger partial charge in [-0.1, -0.05) is 54.6 Å². The van der Waals surface area contributed by atoms with Crippen molar-refractivity contribution in [1.29, 1.82) is 0 Å². The quantitative estimate of drug-likeness (QED) is 0.509. The third kappa shape index (κ3) is 5.44. The predicted octanol–water partition coefficient (Wildman–Crippen LogP) is 1.59. The zero-order valence-electron chi connectivity index (χ0n) is 16.5. The molecular weight excluding hydrogens is 368 g/mol. The summed E-state index contributed by atoms with van der Waals surface area (Å²) in [5, 5.41) is 26.6. The largest absolute Gasteiger partial charge is 0.497 e. The van der Waals surface area contributed by atoms with Crippen LogP contribution < -0.4 is 15.4 Å². The Balaban J connectivity index is 1.53. The number of aliphatic hydroxyl groups excluding tert-OH is 2. The van der Waals surface area contributed by atoms with Crippen LogP contribution in [-0.2, 0) is 11.3 Å². The number of nitrogens with one attached hydrogen (secondary N) is 2. The third-order valence-electron chi connectivity index (χ3n) is 5.34. The summed E-state index contributed by atoms with van der Waals surface area (Å²) >= 11 is 0. The van der Waals surface area contributed by atoms with E-state index in [9.17, 15) is 15.0 Å². The first kappa shape index (κ1) is 21.0. The van der Waals surface area contributed by atoms with E-state index < -0.39 is 6.10 Å². The number of amides is 1. The van der Waals surface area contributed by atoms with Crippen molar-refractivity contribution in [3.05, 3.63) is 77.9 Å². The number of rotatable bonds is 8. The van der Waals surface area contributed by atoms with Crippen molar-refractivity contribution in [1.82, 2.24) is 10.6 Å². The van der Waals surface area contributed by atoms with Crippen molar-refractivity contribution in [2.24, 2.45) is 5.92 Å². The van der Waals surface area contributed by atoms with Gasteiger partial charge in [0.1, 0.15) is 5.75 Å². The molecule has 0 aliphatic heterocycles. The van der Waals surface area contributed by atoms with Gasteiger partial charge in [-0.05, 0) is 23.3 Å². The SMILES string of the molecule is COc1ccc(CNC(=O)CN[C@@H]2C=C[C@H](c3ccccc3)[C@H](O)[C@H]2CO)cc1. The van der Waals surface area contributed by atoms with E-state index in [2.05, 4.69) is 10.6 Å². The zero-order valence-corrected chi connectivity index (χ0v) is 16.5. The summed E-state index contributed by atoms with van der Waals surface area (Å²) in [5.74, 6) is 0.0636. The predicted molar refractivity (Wildman–Crippen MR) is 112 cm³/mol.